The van der Waals surface area contributed by atoms with Gasteiger partial charge in [-0.25, -0.2) is 14.8 Å². The topological polar surface area (TPSA) is 93.2 Å². The maximum atomic E-state index is 12.4. The van der Waals surface area contributed by atoms with Crippen LogP contribution in [0.25, 0.3) is 0 Å². The number of amides is 1. The molecule has 0 aliphatic rings. The van der Waals surface area contributed by atoms with Crippen molar-refractivity contribution in [2.75, 3.05) is 17.7 Å². The van der Waals surface area contributed by atoms with Gasteiger partial charge in [0.05, 0.1) is 18.2 Å². The molecule has 0 saturated heterocycles. The summed E-state index contributed by atoms with van der Waals surface area (Å²) in [5.74, 6) is -0.472. The summed E-state index contributed by atoms with van der Waals surface area (Å²) in [7, 11) is 1.32. The van der Waals surface area contributed by atoms with Crippen molar-refractivity contribution in [3.05, 3.63) is 76.6 Å². The van der Waals surface area contributed by atoms with Crippen LogP contribution in [0.15, 0.2) is 54.9 Å². The van der Waals surface area contributed by atoms with Gasteiger partial charge in [-0.3, -0.25) is 4.79 Å². The Hall–Kier alpha value is -3.45. The monoisotopic (exact) mass is 396 g/mol. The van der Waals surface area contributed by atoms with Gasteiger partial charge in [-0.2, -0.15) is 0 Å². The van der Waals surface area contributed by atoms with Gasteiger partial charge >= 0.3 is 5.97 Å². The van der Waals surface area contributed by atoms with Crippen LogP contribution < -0.4 is 10.6 Å². The van der Waals surface area contributed by atoms with E-state index >= 15 is 0 Å². The highest BCUT2D eigenvalue weighted by atomic mass is 35.5. The Morgan fingerprint density at radius 2 is 1.79 bits per heavy atom. The lowest BCUT2D eigenvalue weighted by Gasteiger charge is -2.09. The van der Waals surface area contributed by atoms with E-state index in [1.54, 1.807) is 42.5 Å². The Bertz CT molecular complexity index is 1020. The molecule has 28 heavy (non-hydrogen) atoms. The first-order chi connectivity index (χ1) is 13.5. The summed E-state index contributed by atoms with van der Waals surface area (Å²) in [6, 6.07) is 12.0. The van der Waals surface area contributed by atoms with Gasteiger partial charge in [-0.1, -0.05) is 17.7 Å². The molecular formula is C20H17ClN4O3. The van der Waals surface area contributed by atoms with Crippen LogP contribution >= 0.6 is 11.6 Å². The van der Waals surface area contributed by atoms with Crippen molar-refractivity contribution >= 4 is 40.8 Å². The number of carbonyl (C=O) groups excluding carboxylic acids is 2. The molecule has 2 aromatic carbocycles. The second kappa shape index (κ2) is 8.49. The van der Waals surface area contributed by atoms with E-state index in [-0.39, 0.29) is 5.91 Å². The fraction of sp³-hybridized carbons (Fsp3) is 0.100. The molecule has 0 spiro atoms. The molecule has 0 aliphatic carbocycles. The van der Waals surface area contributed by atoms with Gasteiger partial charge in [0.25, 0.3) is 5.91 Å². The van der Waals surface area contributed by atoms with Crippen LogP contribution in [0.1, 0.15) is 26.3 Å². The van der Waals surface area contributed by atoms with Crippen molar-refractivity contribution in [2.24, 2.45) is 0 Å². The van der Waals surface area contributed by atoms with Gasteiger partial charge in [-0.05, 0) is 48.9 Å². The summed E-state index contributed by atoms with van der Waals surface area (Å²) in [6.07, 6.45) is 2.83. The highest BCUT2D eigenvalue weighted by molar-refractivity contribution is 6.30. The van der Waals surface area contributed by atoms with Gasteiger partial charge < -0.3 is 15.4 Å². The number of methoxy groups -OCH3 is 1. The van der Waals surface area contributed by atoms with E-state index < -0.39 is 5.97 Å². The van der Waals surface area contributed by atoms with Crippen LogP contribution in [-0.2, 0) is 4.74 Å². The Labute approximate surface area is 166 Å². The lowest BCUT2D eigenvalue weighted by Crippen LogP contribution is -2.14. The first kappa shape index (κ1) is 19.3. The summed E-state index contributed by atoms with van der Waals surface area (Å²) in [5, 5.41) is 6.38. The fourth-order valence-electron chi connectivity index (χ4n) is 2.44. The molecule has 0 bridgehead atoms. The summed E-state index contributed by atoms with van der Waals surface area (Å²) in [5.41, 5.74) is 2.85. The zero-order valence-electron chi connectivity index (χ0n) is 15.2. The lowest BCUT2D eigenvalue weighted by atomic mass is 10.2. The van der Waals surface area contributed by atoms with Crippen LogP contribution in [0.3, 0.4) is 0 Å². The first-order valence-electron chi connectivity index (χ1n) is 8.31. The van der Waals surface area contributed by atoms with Crippen LogP contribution in [0.5, 0.6) is 0 Å². The number of esters is 1. The fourth-order valence-corrected chi connectivity index (χ4v) is 2.67. The van der Waals surface area contributed by atoms with Crippen LogP contribution in [0.4, 0.5) is 17.3 Å². The van der Waals surface area contributed by atoms with Gasteiger partial charge in [0, 0.05) is 28.8 Å². The average molecular weight is 397 g/mol. The number of carbonyl (C=O) groups is 2. The second-order valence-electron chi connectivity index (χ2n) is 5.91. The Balaban J connectivity index is 1.69. The number of anilines is 3. The standard InChI is InChI=1S/C20H17ClN4O3/c1-12-8-15(21)6-7-17(12)25-18(26)14-10-22-20(23-11-14)24-16-5-3-4-13(9-16)19(27)28-2/h3-11H,1-2H3,(H,25,26)(H,22,23,24). The van der Waals surface area contributed by atoms with Gasteiger partial charge in [0.1, 0.15) is 0 Å². The zero-order chi connectivity index (χ0) is 20.1. The molecule has 0 radical (unpaired) electrons. The Morgan fingerprint density at radius 3 is 2.46 bits per heavy atom. The molecule has 1 aromatic heterocycles. The normalized spacial score (nSPS) is 10.2. The number of nitrogens with one attached hydrogen (secondary N) is 2. The first-order valence-corrected chi connectivity index (χ1v) is 8.69. The number of hydrogen-bond acceptors (Lipinski definition) is 6. The maximum Gasteiger partial charge on any atom is 0.337 e. The van der Waals surface area contributed by atoms with Crippen molar-refractivity contribution in [2.45, 2.75) is 6.92 Å². The number of hydrogen-bond donors (Lipinski definition) is 2. The van der Waals surface area contributed by atoms with Crippen molar-refractivity contribution in [1.82, 2.24) is 9.97 Å². The number of nitrogens with zero attached hydrogens (tertiary/aromatic N) is 2. The molecule has 0 fully saturated rings. The third-order valence-corrected chi connectivity index (χ3v) is 4.13. The highest BCUT2D eigenvalue weighted by Gasteiger charge is 2.10. The van der Waals surface area contributed by atoms with Gasteiger partial charge in [-0.15, -0.1) is 0 Å². The van der Waals surface area contributed by atoms with E-state index in [0.717, 1.165) is 5.56 Å². The van der Waals surface area contributed by atoms with Crippen molar-refractivity contribution in [3.63, 3.8) is 0 Å². The molecule has 0 atom stereocenters. The summed E-state index contributed by atoms with van der Waals surface area (Å²) < 4.78 is 4.70. The van der Waals surface area contributed by atoms with E-state index in [1.807, 2.05) is 6.92 Å². The minimum atomic E-state index is -0.436. The Morgan fingerprint density at radius 1 is 1.04 bits per heavy atom. The van der Waals surface area contributed by atoms with Gasteiger partial charge in [0.2, 0.25) is 5.95 Å². The molecule has 8 heteroatoms. The molecule has 1 heterocycles. The number of aryl methyl sites for hydroxylation is 1. The molecule has 0 saturated carbocycles. The number of ether oxygens (including phenoxy) is 1. The maximum absolute atomic E-state index is 12.4. The molecule has 0 aliphatic heterocycles. The SMILES string of the molecule is COC(=O)c1cccc(Nc2ncc(C(=O)Nc3ccc(Cl)cc3C)cn2)c1. The van der Waals surface area contributed by atoms with Crippen molar-refractivity contribution in [1.29, 1.82) is 0 Å². The van der Waals surface area contributed by atoms with Crippen LogP contribution in [0.2, 0.25) is 5.02 Å². The van der Waals surface area contributed by atoms with Crippen molar-refractivity contribution in [3.8, 4) is 0 Å². The molecule has 2 N–H and O–H groups in total. The van der Waals surface area contributed by atoms with E-state index in [1.165, 1.54) is 19.5 Å². The molecule has 1 amide bonds. The highest BCUT2D eigenvalue weighted by Crippen LogP contribution is 2.20. The third-order valence-electron chi connectivity index (χ3n) is 3.89. The molecule has 3 aromatic rings. The average Bonchev–Trinajstić information content (AvgIpc) is 2.70. The Kier molecular flexibility index (Phi) is 5.86. The molecule has 142 valence electrons. The number of halogens is 1. The zero-order valence-corrected chi connectivity index (χ0v) is 15.9. The summed E-state index contributed by atoms with van der Waals surface area (Å²) in [4.78, 5) is 32.3. The summed E-state index contributed by atoms with van der Waals surface area (Å²) in [6.45, 7) is 1.85. The smallest absolute Gasteiger partial charge is 0.337 e. The van der Waals surface area contributed by atoms with E-state index in [4.69, 9.17) is 16.3 Å². The molecule has 3 rings (SSSR count). The number of aromatic nitrogens is 2. The number of rotatable bonds is 5. The minimum Gasteiger partial charge on any atom is -0.465 e. The van der Waals surface area contributed by atoms with E-state index in [2.05, 4.69) is 20.6 Å². The molecular weight excluding hydrogens is 380 g/mol. The predicted molar refractivity (Wildman–Crippen MR) is 107 cm³/mol. The van der Waals surface area contributed by atoms with Crippen LogP contribution in [-0.4, -0.2) is 29.0 Å². The summed E-state index contributed by atoms with van der Waals surface area (Å²) >= 11 is 5.92. The molecule has 7 nitrogen and oxygen atoms in total. The predicted octanol–water partition coefficient (Wildman–Crippen LogP) is 4.22. The second-order valence-corrected chi connectivity index (χ2v) is 6.34. The largest absolute Gasteiger partial charge is 0.465 e. The van der Waals surface area contributed by atoms with Gasteiger partial charge in [0.15, 0.2) is 0 Å². The quantitative estimate of drug-likeness (QED) is 0.627. The lowest BCUT2D eigenvalue weighted by molar-refractivity contribution is 0.0600. The van der Waals surface area contributed by atoms with E-state index in [9.17, 15) is 9.59 Å². The number of benzene rings is 2. The molecule has 0 unspecified atom stereocenters. The van der Waals surface area contributed by atoms with Crippen LogP contribution in [0, 0.1) is 6.92 Å². The van der Waals surface area contributed by atoms with E-state index in [0.29, 0.717) is 33.5 Å². The minimum absolute atomic E-state index is 0.293. The third kappa shape index (κ3) is 4.63. The van der Waals surface area contributed by atoms with Crippen molar-refractivity contribution < 1.29 is 14.3 Å².